The molecule has 1 amide bonds. The first-order valence-electron chi connectivity index (χ1n) is 9.26. The van der Waals surface area contributed by atoms with Crippen molar-refractivity contribution in [2.45, 2.75) is 31.8 Å². The van der Waals surface area contributed by atoms with Crippen LogP contribution in [0.5, 0.6) is 11.5 Å². The first-order valence-corrected chi connectivity index (χ1v) is 9.26. The molecular formula is C21H23F3N2O3. The van der Waals surface area contributed by atoms with Crippen LogP contribution in [-0.4, -0.2) is 43.2 Å². The molecule has 2 aromatic rings. The second-order valence-corrected chi connectivity index (χ2v) is 7.03. The van der Waals surface area contributed by atoms with E-state index in [0.717, 1.165) is 12.1 Å². The molecule has 3 rings (SSSR count). The zero-order valence-electron chi connectivity index (χ0n) is 16.2. The first-order chi connectivity index (χ1) is 13.7. The van der Waals surface area contributed by atoms with Crippen LogP contribution in [0.3, 0.4) is 0 Å². The van der Waals surface area contributed by atoms with Gasteiger partial charge in [0.1, 0.15) is 12.7 Å². The smallest absolute Gasteiger partial charge is 0.416 e. The molecule has 0 fully saturated rings. The molecule has 1 aliphatic rings. The summed E-state index contributed by atoms with van der Waals surface area (Å²) in [5.41, 5.74) is -0.210. The molecule has 0 radical (unpaired) electrons. The highest BCUT2D eigenvalue weighted by atomic mass is 19.4. The number of nitrogens with one attached hydrogen (secondary N) is 1. The molecule has 2 unspecified atom stereocenters. The fourth-order valence-corrected chi connectivity index (χ4v) is 3.00. The van der Waals surface area contributed by atoms with Gasteiger partial charge in [-0.3, -0.25) is 9.69 Å². The number of fused-ring (bicyclic) bond motifs is 1. The van der Waals surface area contributed by atoms with Crippen molar-refractivity contribution in [2.75, 3.05) is 20.2 Å². The zero-order valence-corrected chi connectivity index (χ0v) is 16.2. The summed E-state index contributed by atoms with van der Waals surface area (Å²) in [4.78, 5) is 14.2. The predicted molar refractivity (Wildman–Crippen MR) is 102 cm³/mol. The number of carbonyl (C=O) groups is 1. The van der Waals surface area contributed by atoms with Crippen LogP contribution in [0.2, 0.25) is 0 Å². The number of benzene rings is 2. The minimum Gasteiger partial charge on any atom is -0.486 e. The first kappa shape index (κ1) is 21.0. The summed E-state index contributed by atoms with van der Waals surface area (Å²) in [6.45, 7) is 2.52. The van der Waals surface area contributed by atoms with E-state index >= 15 is 0 Å². The van der Waals surface area contributed by atoms with E-state index in [1.165, 1.54) is 6.07 Å². The summed E-state index contributed by atoms with van der Waals surface area (Å²) in [7, 11) is 1.70. The van der Waals surface area contributed by atoms with Crippen molar-refractivity contribution in [3.05, 3.63) is 59.7 Å². The molecule has 0 spiro atoms. The Morgan fingerprint density at radius 1 is 1.21 bits per heavy atom. The fraction of sp³-hybridized carbons (Fsp3) is 0.381. The number of nitrogens with zero attached hydrogens (tertiary/aromatic N) is 1. The molecule has 1 N–H and O–H groups in total. The number of halogens is 3. The van der Waals surface area contributed by atoms with E-state index in [4.69, 9.17) is 9.47 Å². The van der Waals surface area contributed by atoms with E-state index in [0.29, 0.717) is 23.7 Å². The molecule has 0 saturated carbocycles. The Bertz CT molecular complexity index is 857. The van der Waals surface area contributed by atoms with Crippen LogP contribution in [0.4, 0.5) is 13.2 Å². The third-order valence-electron chi connectivity index (χ3n) is 4.80. The number of rotatable bonds is 6. The van der Waals surface area contributed by atoms with E-state index < -0.39 is 17.8 Å². The maximum absolute atomic E-state index is 12.9. The van der Waals surface area contributed by atoms with Gasteiger partial charge in [-0.05, 0) is 37.7 Å². The highest BCUT2D eigenvalue weighted by Crippen LogP contribution is 2.31. The lowest BCUT2D eigenvalue weighted by molar-refractivity contribution is -0.137. The van der Waals surface area contributed by atoms with Gasteiger partial charge in [-0.2, -0.15) is 13.2 Å². The van der Waals surface area contributed by atoms with Crippen LogP contribution < -0.4 is 14.8 Å². The van der Waals surface area contributed by atoms with Gasteiger partial charge in [0.25, 0.3) is 0 Å². The van der Waals surface area contributed by atoms with Crippen molar-refractivity contribution in [3.63, 3.8) is 0 Å². The van der Waals surface area contributed by atoms with Crippen LogP contribution in [-0.2, 0) is 17.5 Å². The van der Waals surface area contributed by atoms with Crippen LogP contribution in [0, 0.1) is 0 Å². The predicted octanol–water partition coefficient (Wildman–Crippen LogP) is 3.48. The topological polar surface area (TPSA) is 50.8 Å². The summed E-state index contributed by atoms with van der Waals surface area (Å²) in [5.74, 6) is 1.07. The van der Waals surface area contributed by atoms with E-state index in [1.807, 2.05) is 18.2 Å². The zero-order chi connectivity index (χ0) is 21.0. The van der Waals surface area contributed by atoms with E-state index in [2.05, 4.69) is 5.32 Å². The average Bonchev–Trinajstić information content (AvgIpc) is 2.70. The number of ether oxygens (including phenoxy) is 2. The van der Waals surface area contributed by atoms with Gasteiger partial charge in [-0.15, -0.1) is 0 Å². The lowest BCUT2D eigenvalue weighted by Gasteiger charge is -2.28. The second kappa shape index (κ2) is 8.73. The molecular weight excluding hydrogens is 385 g/mol. The molecule has 0 saturated heterocycles. The Kier molecular flexibility index (Phi) is 6.32. The van der Waals surface area contributed by atoms with Crippen LogP contribution >= 0.6 is 0 Å². The van der Waals surface area contributed by atoms with Gasteiger partial charge < -0.3 is 14.8 Å². The van der Waals surface area contributed by atoms with Crippen molar-refractivity contribution in [1.82, 2.24) is 10.2 Å². The number of amides is 1. The largest absolute Gasteiger partial charge is 0.486 e. The summed E-state index contributed by atoms with van der Waals surface area (Å²) in [6, 6.07) is 11.9. The number of para-hydroxylation sites is 2. The highest BCUT2D eigenvalue weighted by Gasteiger charge is 2.30. The van der Waals surface area contributed by atoms with E-state index in [1.54, 1.807) is 31.0 Å². The number of likely N-dealkylation sites (N-methyl/N-ethyl adjacent to an activating group) is 1. The van der Waals surface area contributed by atoms with Crippen LogP contribution in [0.15, 0.2) is 48.5 Å². The van der Waals surface area contributed by atoms with Crippen molar-refractivity contribution in [2.24, 2.45) is 0 Å². The minimum absolute atomic E-state index is 0.217. The number of carbonyl (C=O) groups excluding carboxylic acids is 1. The van der Waals surface area contributed by atoms with Crippen molar-refractivity contribution >= 4 is 5.91 Å². The van der Waals surface area contributed by atoms with Gasteiger partial charge in [-0.25, -0.2) is 0 Å². The Balaban J connectivity index is 1.51. The molecule has 2 aromatic carbocycles. The molecule has 0 aliphatic carbocycles. The Hall–Kier alpha value is -2.74. The maximum atomic E-state index is 12.9. The van der Waals surface area contributed by atoms with Gasteiger partial charge >= 0.3 is 6.18 Å². The van der Waals surface area contributed by atoms with Crippen molar-refractivity contribution < 1.29 is 27.4 Å². The molecule has 0 bridgehead atoms. The third-order valence-corrected chi connectivity index (χ3v) is 4.80. The number of alkyl halides is 3. The lowest BCUT2D eigenvalue weighted by atomic mass is 10.1. The SMILES string of the molecule is CC(C(=O)NCC1COc2ccccc2O1)N(C)Cc1cccc(C(F)(F)F)c1. The Morgan fingerprint density at radius 3 is 2.66 bits per heavy atom. The van der Waals surface area contributed by atoms with Crippen LogP contribution in [0.25, 0.3) is 0 Å². The van der Waals surface area contributed by atoms with Gasteiger partial charge in [0.05, 0.1) is 18.2 Å². The van der Waals surface area contributed by atoms with Gasteiger partial charge in [0.2, 0.25) is 5.91 Å². The summed E-state index contributed by atoms with van der Waals surface area (Å²) >= 11 is 0. The molecule has 156 valence electrons. The van der Waals surface area contributed by atoms with Gasteiger partial charge in [0.15, 0.2) is 11.5 Å². The molecule has 1 heterocycles. The summed E-state index contributed by atoms with van der Waals surface area (Å²) in [5, 5.41) is 2.82. The summed E-state index contributed by atoms with van der Waals surface area (Å²) < 4.78 is 50.0. The maximum Gasteiger partial charge on any atom is 0.416 e. The lowest BCUT2D eigenvalue weighted by Crippen LogP contribution is -2.47. The normalized spacial score (nSPS) is 17.1. The summed E-state index contributed by atoms with van der Waals surface area (Å²) in [6.07, 6.45) is -4.70. The fourth-order valence-electron chi connectivity index (χ4n) is 3.00. The Labute approximate surface area is 167 Å². The van der Waals surface area contributed by atoms with E-state index in [-0.39, 0.29) is 25.1 Å². The average molecular weight is 408 g/mol. The molecule has 2 atom stereocenters. The van der Waals surface area contributed by atoms with Crippen molar-refractivity contribution in [1.29, 1.82) is 0 Å². The standard InChI is InChI=1S/C21H23F3N2O3/c1-14(26(2)12-15-6-5-7-16(10-15)21(22,23)24)20(27)25-11-17-13-28-18-8-3-4-9-19(18)29-17/h3-10,14,17H,11-13H2,1-2H3,(H,25,27). The van der Waals surface area contributed by atoms with Crippen molar-refractivity contribution in [3.8, 4) is 11.5 Å². The van der Waals surface area contributed by atoms with Gasteiger partial charge in [-0.1, -0.05) is 30.3 Å². The van der Waals surface area contributed by atoms with E-state index in [9.17, 15) is 18.0 Å². The number of hydrogen-bond donors (Lipinski definition) is 1. The minimum atomic E-state index is -4.39. The quantitative estimate of drug-likeness (QED) is 0.795. The number of hydrogen-bond acceptors (Lipinski definition) is 4. The molecule has 29 heavy (non-hydrogen) atoms. The monoisotopic (exact) mass is 408 g/mol. The van der Waals surface area contributed by atoms with Crippen LogP contribution in [0.1, 0.15) is 18.1 Å². The molecule has 8 heteroatoms. The second-order valence-electron chi connectivity index (χ2n) is 7.03. The molecule has 0 aromatic heterocycles. The molecule has 1 aliphatic heterocycles. The molecule has 5 nitrogen and oxygen atoms in total. The third kappa shape index (κ3) is 5.41. The van der Waals surface area contributed by atoms with Gasteiger partial charge in [0, 0.05) is 6.54 Å². The highest BCUT2D eigenvalue weighted by molar-refractivity contribution is 5.81. The Morgan fingerprint density at radius 2 is 1.93 bits per heavy atom.